The van der Waals surface area contributed by atoms with E-state index in [4.69, 9.17) is 28.2 Å². The van der Waals surface area contributed by atoms with Crippen LogP contribution >= 0.6 is 39.1 Å². The van der Waals surface area contributed by atoms with Crippen molar-refractivity contribution in [3.05, 3.63) is 50.2 Å². The van der Waals surface area contributed by atoms with Gasteiger partial charge in [0.15, 0.2) is 0 Å². The number of hydrogen-bond donors (Lipinski definition) is 1. The molecule has 1 aliphatic heterocycles. The third kappa shape index (κ3) is 3.54. The summed E-state index contributed by atoms with van der Waals surface area (Å²) in [4.78, 5) is 7.24. The molecule has 1 fully saturated rings. The van der Waals surface area contributed by atoms with Gasteiger partial charge in [0, 0.05) is 47.1 Å². The maximum absolute atomic E-state index is 9.45. The Morgan fingerprint density at radius 2 is 1.79 bits per heavy atom. The summed E-state index contributed by atoms with van der Waals surface area (Å²) in [6.07, 6.45) is 4.06. The van der Waals surface area contributed by atoms with E-state index >= 15 is 0 Å². The number of nitrogens with zero attached hydrogens (tertiary/aromatic N) is 3. The molecular formula is C21H22BrCl2N3O. The molecule has 28 heavy (non-hydrogen) atoms. The smallest absolute Gasteiger partial charge is 0.147 e. The zero-order chi connectivity index (χ0) is 20.0. The summed E-state index contributed by atoms with van der Waals surface area (Å²) in [5.41, 5.74) is 4.89. The van der Waals surface area contributed by atoms with Crippen LogP contribution in [0.15, 0.2) is 28.9 Å². The zero-order valence-corrected chi connectivity index (χ0v) is 18.9. The molecule has 0 amide bonds. The van der Waals surface area contributed by atoms with Crippen molar-refractivity contribution in [2.24, 2.45) is 5.92 Å². The molecule has 0 radical (unpaired) electrons. The number of aliphatic hydroxyl groups excluding tert-OH is 1. The van der Waals surface area contributed by atoms with Gasteiger partial charge in [0.05, 0.1) is 15.7 Å². The molecule has 7 heteroatoms. The van der Waals surface area contributed by atoms with Crippen molar-refractivity contribution in [2.45, 2.75) is 26.7 Å². The molecule has 0 unspecified atom stereocenters. The van der Waals surface area contributed by atoms with Crippen molar-refractivity contribution in [1.29, 1.82) is 0 Å². The van der Waals surface area contributed by atoms with Gasteiger partial charge in [-0.25, -0.2) is 4.98 Å². The van der Waals surface area contributed by atoms with Gasteiger partial charge in [0.1, 0.15) is 5.65 Å². The number of aromatic nitrogens is 2. The second kappa shape index (κ2) is 7.86. The Hall–Kier alpha value is -1.27. The molecule has 0 spiro atoms. The molecule has 2 aromatic heterocycles. The normalized spacial score (nSPS) is 15.6. The van der Waals surface area contributed by atoms with E-state index in [1.54, 1.807) is 0 Å². The van der Waals surface area contributed by atoms with E-state index in [0.29, 0.717) is 16.0 Å². The van der Waals surface area contributed by atoms with E-state index < -0.39 is 0 Å². The molecule has 1 aliphatic rings. The van der Waals surface area contributed by atoms with Gasteiger partial charge >= 0.3 is 0 Å². The number of rotatable bonds is 3. The van der Waals surface area contributed by atoms with Crippen molar-refractivity contribution in [1.82, 2.24) is 9.55 Å². The summed E-state index contributed by atoms with van der Waals surface area (Å²) < 4.78 is 2.84. The third-order valence-electron chi connectivity index (χ3n) is 5.49. The van der Waals surface area contributed by atoms with Crippen LogP contribution in [0.4, 0.5) is 5.69 Å². The largest absolute Gasteiger partial charge is 0.396 e. The molecule has 148 valence electrons. The standard InChI is InChI=1S/C21H22BrCl2N3O/c1-12-10-27(20-16(23)8-15(22)9-17(20)24)21-19(12)18(7-13(2)25-21)26-5-3-14(11-28)4-6-26/h7-10,14,28H,3-6,11H2,1-2H3. The van der Waals surface area contributed by atoms with Gasteiger partial charge in [-0.1, -0.05) is 39.1 Å². The first-order valence-corrected chi connectivity index (χ1v) is 10.9. The SMILES string of the molecule is Cc1cc(N2CCC(CO)CC2)c2c(C)cn(-c3c(Cl)cc(Br)cc3Cl)c2n1. The van der Waals surface area contributed by atoms with Gasteiger partial charge in [-0.2, -0.15) is 0 Å². The van der Waals surface area contributed by atoms with Crippen LogP contribution in [0, 0.1) is 19.8 Å². The average Bonchev–Trinajstić information content (AvgIpc) is 2.96. The molecule has 0 saturated carbocycles. The lowest BCUT2D eigenvalue weighted by Gasteiger charge is -2.33. The maximum Gasteiger partial charge on any atom is 0.147 e. The Kier molecular flexibility index (Phi) is 5.62. The van der Waals surface area contributed by atoms with Crippen molar-refractivity contribution >= 4 is 55.9 Å². The lowest BCUT2D eigenvalue weighted by Crippen LogP contribution is -2.35. The first-order chi connectivity index (χ1) is 13.4. The molecule has 1 N–H and O–H groups in total. The van der Waals surface area contributed by atoms with Gasteiger partial charge < -0.3 is 10.0 Å². The Morgan fingerprint density at radius 3 is 2.39 bits per heavy atom. The van der Waals surface area contributed by atoms with Crippen LogP contribution in [-0.4, -0.2) is 34.4 Å². The molecule has 4 rings (SSSR count). The fraction of sp³-hybridized carbons (Fsp3) is 0.381. The summed E-state index contributed by atoms with van der Waals surface area (Å²) >= 11 is 16.5. The van der Waals surface area contributed by atoms with Crippen LogP contribution in [0.1, 0.15) is 24.1 Å². The zero-order valence-electron chi connectivity index (χ0n) is 15.8. The number of anilines is 1. The number of hydrogen-bond acceptors (Lipinski definition) is 3. The molecule has 1 saturated heterocycles. The first-order valence-electron chi connectivity index (χ1n) is 9.39. The van der Waals surface area contributed by atoms with E-state index in [0.717, 1.165) is 58.4 Å². The van der Waals surface area contributed by atoms with Crippen LogP contribution in [-0.2, 0) is 0 Å². The summed E-state index contributed by atoms with van der Waals surface area (Å²) in [5, 5.41) is 11.7. The highest BCUT2D eigenvalue weighted by Crippen LogP contribution is 2.38. The summed E-state index contributed by atoms with van der Waals surface area (Å²) in [7, 11) is 0. The number of halogens is 3. The van der Waals surface area contributed by atoms with Crippen molar-refractivity contribution in [2.75, 3.05) is 24.6 Å². The van der Waals surface area contributed by atoms with Crippen LogP contribution in [0.25, 0.3) is 16.7 Å². The van der Waals surface area contributed by atoms with E-state index in [-0.39, 0.29) is 6.61 Å². The summed E-state index contributed by atoms with van der Waals surface area (Å²) in [6.45, 7) is 6.26. The van der Waals surface area contributed by atoms with Crippen LogP contribution in [0.5, 0.6) is 0 Å². The highest BCUT2D eigenvalue weighted by molar-refractivity contribution is 9.10. The van der Waals surface area contributed by atoms with E-state index in [1.165, 1.54) is 5.69 Å². The van der Waals surface area contributed by atoms with Gasteiger partial charge in [-0.3, -0.25) is 4.57 Å². The number of pyridine rings is 1. The van der Waals surface area contributed by atoms with E-state index in [2.05, 4.69) is 40.0 Å². The number of benzene rings is 1. The van der Waals surface area contributed by atoms with Gasteiger partial charge in [0.2, 0.25) is 0 Å². The van der Waals surface area contributed by atoms with Crippen molar-refractivity contribution < 1.29 is 5.11 Å². The minimum atomic E-state index is 0.272. The minimum absolute atomic E-state index is 0.272. The number of aryl methyl sites for hydroxylation is 2. The molecule has 1 aromatic carbocycles. The lowest BCUT2D eigenvalue weighted by atomic mass is 9.97. The third-order valence-corrected chi connectivity index (χ3v) is 6.52. The second-order valence-electron chi connectivity index (χ2n) is 7.49. The second-order valence-corrected chi connectivity index (χ2v) is 9.22. The quantitative estimate of drug-likeness (QED) is 0.503. The Morgan fingerprint density at radius 1 is 1.14 bits per heavy atom. The fourth-order valence-electron chi connectivity index (χ4n) is 4.05. The molecule has 4 nitrogen and oxygen atoms in total. The van der Waals surface area contributed by atoms with E-state index in [9.17, 15) is 5.11 Å². The molecule has 0 bridgehead atoms. The molecule has 0 aliphatic carbocycles. The van der Waals surface area contributed by atoms with Crippen molar-refractivity contribution in [3.8, 4) is 5.69 Å². The van der Waals surface area contributed by atoms with Crippen LogP contribution in [0.3, 0.4) is 0 Å². The summed E-state index contributed by atoms with van der Waals surface area (Å²) in [6, 6.07) is 5.85. The number of piperidine rings is 1. The average molecular weight is 483 g/mol. The number of aliphatic hydroxyl groups is 1. The van der Waals surface area contributed by atoms with Crippen LogP contribution in [0.2, 0.25) is 10.0 Å². The Bertz CT molecular complexity index is 1020. The Labute approximate surface area is 183 Å². The van der Waals surface area contributed by atoms with Crippen LogP contribution < -0.4 is 4.90 Å². The molecule has 0 atom stereocenters. The predicted molar refractivity (Wildman–Crippen MR) is 120 cm³/mol. The Balaban J connectivity index is 1.88. The monoisotopic (exact) mass is 481 g/mol. The molecule has 3 aromatic rings. The topological polar surface area (TPSA) is 41.3 Å². The summed E-state index contributed by atoms with van der Waals surface area (Å²) in [5.74, 6) is 0.403. The minimum Gasteiger partial charge on any atom is -0.396 e. The lowest BCUT2D eigenvalue weighted by molar-refractivity contribution is 0.203. The maximum atomic E-state index is 9.45. The molecular weight excluding hydrogens is 461 g/mol. The first kappa shape index (κ1) is 20.0. The highest BCUT2D eigenvalue weighted by Gasteiger charge is 2.24. The predicted octanol–water partition coefficient (Wildman–Crippen LogP) is 5.92. The van der Waals surface area contributed by atoms with Gasteiger partial charge in [-0.05, 0) is 56.4 Å². The highest BCUT2D eigenvalue weighted by atomic mass is 79.9. The van der Waals surface area contributed by atoms with Gasteiger partial charge in [0.25, 0.3) is 0 Å². The van der Waals surface area contributed by atoms with E-state index in [1.807, 2.05) is 23.6 Å². The molecule has 3 heterocycles. The number of fused-ring (bicyclic) bond motifs is 1. The van der Waals surface area contributed by atoms with Gasteiger partial charge in [-0.15, -0.1) is 0 Å². The fourth-order valence-corrected chi connectivity index (χ4v) is 5.44. The van der Waals surface area contributed by atoms with Crippen molar-refractivity contribution in [3.63, 3.8) is 0 Å².